The van der Waals surface area contributed by atoms with Crippen molar-refractivity contribution in [1.82, 2.24) is 5.32 Å². The molecule has 1 aromatic carbocycles. The maximum atomic E-state index is 12.1. The van der Waals surface area contributed by atoms with Gasteiger partial charge in [0.05, 0.1) is 5.41 Å². The highest BCUT2D eigenvalue weighted by Gasteiger charge is 2.39. The molecule has 1 aromatic rings. The fraction of sp³-hybridized carbons (Fsp3) is 0.533. The normalized spacial score (nSPS) is 19.0. The molecule has 0 aromatic heterocycles. The van der Waals surface area contributed by atoms with Gasteiger partial charge in [0.2, 0.25) is 0 Å². The number of piperidine rings is 1. The predicted molar refractivity (Wildman–Crippen MR) is 70.4 cm³/mol. The third-order valence-electron chi connectivity index (χ3n) is 4.03. The minimum absolute atomic E-state index is 0.247. The van der Waals surface area contributed by atoms with Gasteiger partial charge in [0.1, 0.15) is 5.78 Å². The molecule has 0 radical (unpaired) electrons. The predicted octanol–water partition coefficient (Wildman–Crippen LogP) is 2.51. The summed E-state index contributed by atoms with van der Waals surface area (Å²) in [5.74, 6) is 0.311. The Morgan fingerprint density at radius 3 is 2.41 bits per heavy atom. The smallest absolute Gasteiger partial charge is 0.140 e. The largest absolute Gasteiger partial charge is 0.317 e. The second-order valence-electron chi connectivity index (χ2n) is 5.21. The van der Waals surface area contributed by atoms with E-state index in [1.807, 2.05) is 0 Å². The minimum Gasteiger partial charge on any atom is -0.317 e. The Hall–Kier alpha value is -1.15. The van der Waals surface area contributed by atoms with Gasteiger partial charge >= 0.3 is 0 Å². The van der Waals surface area contributed by atoms with Crippen molar-refractivity contribution in [2.45, 2.75) is 39.0 Å². The molecule has 1 N–H and O–H groups in total. The summed E-state index contributed by atoms with van der Waals surface area (Å²) in [5, 5.41) is 3.34. The maximum absolute atomic E-state index is 12.1. The van der Waals surface area contributed by atoms with Crippen LogP contribution in [0.2, 0.25) is 0 Å². The molecule has 2 heteroatoms. The summed E-state index contributed by atoms with van der Waals surface area (Å²) in [6, 6.07) is 6.45. The van der Waals surface area contributed by atoms with Gasteiger partial charge in [-0.05, 0) is 57.8 Å². The van der Waals surface area contributed by atoms with Gasteiger partial charge in [-0.15, -0.1) is 0 Å². The SMILES string of the molecule is CC(=O)C1(c2ccc(C)cc2C)CCNCC1. The zero-order valence-corrected chi connectivity index (χ0v) is 11.0. The Labute approximate surface area is 103 Å². The molecule has 17 heavy (non-hydrogen) atoms. The van der Waals surface area contributed by atoms with Crippen molar-refractivity contribution in [2.24, 2.45) is 0 Å². The highest BCUT2D eigenvalue weighted by molar-refractivity contribution is 5.88. The second kappa shape index (κ2) is 4.61. The van der Waals surface area contributed by atoms with Gasteiger partial charge in [0, 0.05) is 0 Å². The summed E-state index contributed by atoms with van der Waals surface area (Å²) in [6.07, 6.45) is 1.85. The number of benzene rings is 1. The lowest BCUT2D eigenvalue weighted by Crippen LogP contribution is -2.45. The summed E-state index contributed by atoms with van der Waals surface area (Å²) in [4.78, 5) is 12.1. The molecule has 92 valence electrons. The van der Waals surface area contributed by atoms with Crippen molar-refractivity contribution in [3.8, 4) is 0 Å². The number of carbonyl (C=O) groups excluding carboxylic acids is 1. The summed E-state index contributed by atoms with van der Waals surface area (Å²) in [7, 11) is 0. The average Bonchev–Trinajstić information content (AvgIpc) is 2.29. The first-order chi connectivity index (χ1) is 8.06. The van der Waals surface area contributed by atoms with Crippen LogP contribution in [-0.4, -0.2) is 18.9 Å². The molecule has 0 spiro atoms. The summed E-state index contributed by atoms with van der Waals surface area (Å²) < 4.78 is 0. The van der Waals surface area contributed by atoms with E-state index in [-0.39, 0.29) is 5.41 Å². The number of carbonyl (C=O) groups is 1. The van der Waals surface area contributed by atoms with Crippen LogP contribution in [0.5, 0.6) is 0 Å². The van der Waals surface area contributed by atoms with Crippen molar-refractivity contribution in [1.29, 1.82) is 0 Å². The summed E-state index contributed by atoms with van der Waals surface area (Å²) in [5.41, 5.74) is 3.50. The molecule has 1 aliphatic heterocycles. The van der Waals surface area contributed by atoms with Crippen LogP contribution in [0.4, 0.5) is 0 Å². The molecule has 1 heterocycles. The quantitative estimate of drug-likeness (QED) is 0.847. The Morgan fingerprint density at radius 2 is 1.88 bits per heavy atom. The zero-order valence-electron chi connectivity index (χ0n) is 11.0. The van der Waals surface area contributed by atoms with E-state index in [0.717, 1.165) is 25.9 Å². The number of aryl methyl sites for hydroxylation is 2. The molecular formula is C15H21NO. The van der Waals surface area contributed by atoms with Gasteiger partial charge in [-0.25, -0.2) is 0 Å². The maximum Gasteiger partial charge on any atom is 0.140 e. The Morgan fingerprint density at radius 1 is 1.24 bits per heavy atom. The van der Waals surface area contributed by atoms with Crippen molar-refractivity contribution in [2.75, 3.05) is 13.1 Å². The fourth-order valence-corrected chi connectivity index (χ4v) is 3.02. The number of ketones is 1. The van der Waals surface area contributed by atoms with Crippen molar-refractivity contribution >= 4 is 5.78 Å². The van der Waals surface area contributed by atoms with Gasteiger partial charge in [-0.3, -0.25) is 4.79 Å². The van der Waals surface area contributed by atoms with E-state index < -0.39 is 0 Å². The first-order valence-electron chi connectivity index (χ1n) is 6.36. The van der Waals surface area contributed by atoms with Crippen LogP contribution in [0.1, 0.15) is 36.5 Å². The average molecular weight is 231 g/mol. The molecule has 0 unspecified atom stereocenters. The molecule has 0 aliphatic carbocycles. The molecule has 0 bridgehead atoms. The molecule has 2 rings (SSSR count). The Bertz CT molecular complexity index is 431. The first kappa shape index (κ1) is 12.3. The van der Waals surface area contributed by atoms with Crippen LogP contribution >= 0.6 is 0 Å². The molecule has 1 fully saturated rings. The standard InChI is InChI=1S/C15H21NO/c1-11-4-5-14(12(2)10-11)15(13(3)17)6-8-16-9-7-15/h4-5,10,16H,6-9H2,1-3H3. The van der Waals surface area contributed by atoms with Crippen LogP contribution in [0, 0.1) is 13.8 Å². The zero-order chi connectivity index (χ0) is 12.5. The van der Waals surface area contributed by atoms with Crippen molar-refractivity contribution in [3.05, 3.63) is 34.9 Å². The summed E-state index contributed by atoms with van der Waals surface area (Å²) in [6.45, 7) is 7.83. The monoisotopic (exact) mass is 231 g/mol. The highest BCUT2D eigenvalue weighted by atomic mass is 16.1. The third kappa shape index (κ3) is 2.14. The van der Waals surface area contributed by atoms with E-state index >= 15 is 0 Å². The van der Waals surface area contributed by atoms with E-state index in [1.165, 1.54) is 16.7 Å². The number of hydrogen-bond donors (Lipinski definition) is 1. The molecule has 0 amide bonds. The molecule has 0 saturated carbocycles. The van der Waals surface area contributed by atoms with E-state index in [4.69, 9.17) is 0 Å². The van der Waals surface area contributed by atoms with E-state index in [0.29, 0.717) is 5.78 Å². The second-order valence-corrected chi connectivity index (χ2v) is 5.21. The minimum atomic E-state index is -0.247. The van der Waals surface area contributed by atoms with Gasteiger partial charge in [-0.1, -0.05) is 23.8 Å². The molecule has 1 saturated heterocycles. The van der Waals surface area contributed by atoms with E-state index in [2.05, 4.69) is 37.4 Å². The van der Waals surface area contributed by atoms with Crippen molar-refractivity contribution in [3.63, 3.8) is 0 Å². The van der Waals surface area contributed by atoms with Crippen LogP contribution < -0.4 is 5.32 Å². The van der Waals surface area contributed by atoms with Crippen molar-refractivity contribution < 1.29 is 4.79 Å². The van der Waals surface area contributed by atoms with Crippen LogP contribution in [0.25, 0.3) is 0 Å². The van der Waals surface area contributed by atoms with Gasteiger partial charge in [0.25, 0.3) is 0 Å². The van der Waals surface area contributed by atoms with Crippen LogP contribution in [0.3, 0.4) is 0 Å². The topological polar surface area (TPSA) is 29.1 Å². The Kier molecular flexibility index (Phi) is 3.34. The van der Waals surface area contributed by atoms with E-state index in [1.54, 1.807) is 6.92 Å². The number of Topliss-reactive ketones (excluding diaryl/α,β-unsaturated/α-hetero) is 1. The highest BCUT2D eigenvalue weighted by Crippen LogP contribution is 2.36. The third-order valence-corrected chi connectivity index (χ3v) is 4.03. The fourth-order valence-electron chi connectivity index (χ4n) is 3.02. The molecule has 1 aliphatic rings. The van der Waals surface area contributed by atoms with Gasteiger partial charge in [0.15, 0.2) is 0 Å². The van der Waals surface area contributed by atoms with Gasteiger partial charge in [-0.2, -0.15) is 0 Å². The van der Waals surface area contributed by atoms with E-state index in [9.17, 15) is 4.79 Å². The Balaban J connectivity index is 2.49. The number of hydrogen-bond acceptors (Lipinski definition) is 2. The summed E-state index contributed by atoms with van der Waals surface area (Å²) >= 11 is 0. The lowest BCUT2D eigenvalue weighted by Gasteiger charge is -2.37. The van der Waals surface area contributed by atoms with Crippen LogP contribution in [-0.2, 0) is 10.2 Å². The first-order valence-corrected chi connectivity index (χ1v) is 6.36. The lowest BCUT2D eigenvalue weighted by atomic mass is 9.69. The molecule has 2 nitrogen and oxygen atoms in total. The molecular weight excluding hydrogens is 210 g/mol. The number of rotatable bonds is 2. The number of nitrogens with one attached hydrogen (secondary N) is 1. The van der Waals surface area contributed by atoms with Crippen LogP contribution in [0.15, 0.2) is 18.2 Å². The molecule has 0 atom stereocenters. The lowest BCUT2D eigenvalue weighted by molar-refractivity contribution is -0.123. The van der Waals surface area contributed by atoms with Gasteiger partial charge < -0.3 is 5.32 Å².